The molecule has 6 rings (SSSR count). The minimum absolute atomic E-state index is 0.342. The van der Waals surface area contributed by atoms with E-state index in [9.17, 15) is 0 Å². The molecular weight excluding hydrogens is 547 g/mol. The Morgan fingerprint density at radius 1 is 0.711 bits per heavy atom. The minimum Gasteiger partial charge on any atom is -0.423 e. The topological polar surface area (TPSA) is 137 Å². The van der Waals surface area contributed by atoms with Gasteiger partial charge in [-0.05, 0) is 47.0 Å². The number of benzene rings is 2. The van der Waals surface area contributed by atoms with Crippen molar-refractivity contribution in [2.75, 3.05) is 37.9 Å². The molecule has 2 aromatic carbocycles. The van der Waals surface area contributed by atoms with Gasteiger partial charge in [-0.1, -0.05) is 58.4 Å². The number of anilines is 2. The number of ether oxygens (including phenoxy) is 2. The highest BCUT2D eigenvalue weighted by Crippen LogP contribution is 2.28. The summed E-state index contributed by atoms with van der Waals surface area (Å²) >= 11 is 3.44. The van der Waals surface area contributed by atoms with Crippen LogP contribution in [0.5, 0.6) is 0 Å². The zero-order valence-corrected chi connectivity index (χ0v) is 22.4. The van der Waals surface area contributed by atoms with Crippen molar-refractivity contribution in [2.45, 2.75) is 11.8 Å². The Morgan fingerprint density at radius 3 is 1.76 bits per heavy atom. The number of hydrogen-bond acceptors (Lipinski definition) is 8. The number of nitrogen functional groups attached to an aromatic ring is 2. The molecule has 4 heterocycles. The van der Waals surface area contributed by atoms with Crippen molar-refractivity contribution in [1.82, 2.24) is 9.97 Å². The lowest BCUT2D eigenvalue weighted by Gasteiger charge is -2.26. The van der Waals surface area contributed by atoms with Crippen molar-refractivity contribution >= 4 is 40.1 Å². The van der Waals surface area contributed by atoms with Crippen molar-refractivity contribution in [3.63, 3.8) is 0 Å². The Morgan fingerprint density at radius 2 is 1.29 bits per heavy atom. The number of nitrogens with two attached hydrogens (primary N) is 2. The molecule has 2 aromatic heterocycles. The predicted molar refractivity (Wildman–Crippen MR) is 154 cm³/mol. The van der Waals surface area contributed by atoms with Gasteiger partial charge >= 0.3 is 7.12 Å². The fraction of sp³-hybridized carbons (Fsp3) is 0.214. The molecule has 2 saturated heterocycles. The summed E-state index contributed by atoms with van der Waals surface area (Å²) in [5.74, 6) is 2.10. The molecule has 0 atom stereocenters. The predicted octanol–water partition coefficient (Wildman–Crippen LogP) is 3.35. The van der Waals surface area contributed by atoms with Gasteiger partial charge in [0.1, 0.15) is 11.6 Å². The van der Waals surface area contributed by atoms with E-state index in [0.717, 1.165) is 36.5 Å². The Balaban J connectivity index is 0.000000140. The van der Waals surface area contributed by atoms with E-state index in [1.165, 1.54) is 35.0 Å². The molecule has 6 N–H and O–H groups in total. The molecule has 0 unspecified atom stereocenters. The molecule has 0 bridgehead atoms. The van der Waals surface area contributed by atoms with Gasteiger partial charge in [-0.15, -0.1) is 0 Å². The summed E-state index contributed by atoms with van der Waals surface area (Å²) in [6.45, 7) is 3.44. The molecule has 0 saturated carbocycles. The van der Waals surface area contributed by atoms with Crippen molar-refractivity contribution in [3.8, 4) is 11.1 Å². The van der Waals surface area contributed by atoms with E-state index in [1.54, 1.807) is 0 Å². The van der Waals surface area contributed by atoms with Gasteiger partial charge in [-0.3, -0.25) is 0 Å². The molecule has 2 fully saturated rings. The Hall–Kier alpha value is -3.28. The highest BCUT2D eigenvalue weighted by Gasteiger charge is 2.21. The fourth-order valence-corrected chi connectivity index (χ4v) is 4.15. The van der Waals surface area contributed by atoms with Crippen LogP contribution in [0.2, 0.25) is 0 Å². The van der Waals surface area contributed by atoms with Gasteiger partial charge in [0.25, 0.3) is 0 Å². The molecule has 0 amide bonds. The lowest BCUT2D eigenvalue weighted by molar-refractivity contribution is 0.00836. The Kier molecular flexibility index (Phi) is 9.86. The lowest BCUT2D eigenvalue weighted by Crippen LogP contribution is -2.29. The van der Waals surface area contributed by atoms with Gasteiger partial charge in [0.2, 0.25) is 0 Å². The van der Waals surface area contributed by atoms with E-state index in [0.29, 0.717) is 28.9 Å². The number of hydrogen-bond donors (Lipinski definition) is 4. The van der Waals surface area contributed by atoms with Crippen LogP contribution in [0.1, 0.15) is 23.0 Å². The van der Waals surface area contributed by atoms with Crippen LogP contribution in [-0.4, -0.2) is 53.6 Å². The SMILES string of the molecule is Brc1cccc(C2COC2)c1.Nc1ccc(-c2cccc(C3COC3)c2)cn1.Nc1ccc(B(O)O)cn1. The molecule has 196 valence electrons. The lowest BCUT2D eigenvalue weighted by atomic mass is 9.82. The average Bonchev–Trinajstić information content (AvgIpc) is 2.84. The molecule has 10 heteroatoms. The largest absolute Gasteiger partial charge is 0.490 e. The van der Waals surface area contributed by atoms with Crippen LogP contribution < -0.4 is 16.9 Å². The summed E-state index contributed by atoms with van der Waals surface area (Å²) in [7, 11) is -1.46. The maximum absolute atomic E-state index is 8.59. The molecule has 2 aliphatic heterocycles. The third-order valence-electron chi connectivity index (χ3n) is 6.18. The molecule has 0 spiro atoms. The van der Waals surface area contributed by atoms with Crippen LogP contribution in [0, 0.1) is 0 Å². The van der Waals surface area contributed by atoms with E-state index in [1.807, 2.05) is 24.4 Å². The van der Waals surface area contributed by atoms with Gasteiger partial charge < -0.3 is 31.0 Å². The molecule has 38 heavy (non-hydrogen) atoms. The monoisotopic (exact) mass is 576 g/mol. The van der Waals surface area contributed by atoms with E-state index >= 15 is 0 Å². The molecule has 0 radical (unpaired) electrons. The quantitative estimate of drug-likeness (QED) is 0.271. The first-order valence-electron chi connectivity index (χ1n) is 12.2. The molecule has 2 aliphatic rings. The third kappa shape index (κ3) is 7.86. The minimum atomic E-state index is -1.46. The smallest absolute Gasteiger partial charge is 0.423 e. The Labute approximate surface area is 230 Å². The standard InChI is InChI=1S/C14H14N2O.C9H9BrO.C5H7BN2O2/c15-14-5-4-12(7-16-14)10-2-1-3-11(6-10)13-8-17-9-13;10-9-3-1-2-7(4-9)8-5-11-6-8;7-5-2-1-4(3-8-5)6(9)10/h1-7,13H,8-9H2,(H2,15,16);1-4,8H,5-6H2;1-3,9-10H,(H2,7,8). The van der Waals surface area contributed by atoms with Crippen LogP contribution in [0.4, 0.5) is 11.6 Å². The summed E-state index contributed by atoms with van der Waals surface area (Å²) in [5.41, 5.74) is 16.2. The first kappa shape index (κ1) is 27.8. The number of nitrogens with zero attached hydrogens (tertiary/aromatic N) is 2. The zero-order valence-electron chi connectivity index (χ0n) is 20.8. The van der Waals surface area contributed by atoms with E-state index in [-0.39, 0.29) is 0 Å². The van der Waals surface area contributed by atoms with Crippen LogP contribution in [-0.2, 0) is 9.47 Å². The van der Waals surface area contributed by atoms with E-state index < -0.39 is 7.12 Å². The highest BCUT2D eigenvalue weighted by atomic mass is 79.9. The van der Waals surface area contributed by atoms with E-state index in [2.05, 4.69) is 68.4 Å². The summed E-state index contributed by atoms with van der Waals surface area (Å²) in [6, 6.07) is 23.8. The van der Waals surface area contributed by atoms with Crippen molar-refractivity contribution in [1.29, 1.82) is 0 Å². The van der Waals surface area contributed by atoms with Crippen molar-refractivity contribution in [2.24, 2.45) is 0 Å². The average molecular weight is 577 g/mol. The van der Waals surface area contributed by atoms with Gasteiger partial charge in [-0.2, -0.15) is 0 Å². The van der Waals surface area contributed by atoms with Gasteiger partial charge in [0.15, 0.2) is 0 Å². The third-order valence-corrected chi connectivity index (χ3v) is 6.67. The number of halogens is 1. The molecule has 4 aromatic rings. The molecule has 0 aliphatic carbocycles. The van der Waals surface area contributed by atoms with Crippen LogP contribution in [0.25, 0.3) is 11.1 Å². The molecular formula is C28H30BBrN4O4. The second kappa shape index (κ2) is 13.5. The van der Waals surface area contributed by atoms with Gasteiger partial charge in [-0.25, -0.2) is 9.97 Å². The number of rotatable bonds is 4. The van der Waals surface area contributed by atoms with Crippen LogP contribution >= 0.6 is 15.9 Å². The summed E-state index contributed by atoms with van der Waals surface area (Å²) in [4.78, 5) is 7.78. The second-order valence-corrected chi connectivity index (χ2v) is 9.93. The summed E-state index contributed by atoms with van der Waals surface area (Å²) in [6.07, 6.45) is 3.13. The second-order valence-electron chi connectivity index (χ2n) is 9.01. The normalized spacial score (nSPS) is 14.6. The van der Waals surface area contributed by atoms with E-state index in [4.69, 9.17) is 31.0 Å². The summed E-state index contributed by atoms with van der Waals surface area (Å²) < 4.78 is 11.5. The maximum Gasteiger partial charge on any atom is 0.490 e. The Bertz CT molecular complexity index is 1300. The van der Waals surface area contributed by atoms with Gasteiger partial charge in [0.05, 0.1) is 26.4 Å². The maximum atomic E-state index is 8.59. The summed E-state index contributed by atoms with van der Waals surface area (Å²) in [5, 5.41) is 17.2. The number of aromatic nitrogens is 2. The zero-order chi connectivity index (χ0) is 26.9. The van der Waals surface area contributed by atoms with Crippen LogP contribution in [0.3, 0.4) is 0 Å². The van der Waals surface area contributed by atoms with Crippen molar-refractivity contribution < 1.29 is 19.5 Å². The van der Waals surface area contributed by atoms with Crippen molar-refractivity contribution in [3.05, 3.63) is 101 Å². The number of pyridine rings is 2. The molecule has 8 nitrogen and oxygen atoms in total. The fourth-order valence-electron chi connectivity index (χ4n) is 3.73. The first-order valence-corrected chi connectivity index (χ1v) is 13.0. The highest BCUT2D eigenvalue weighted by molar-refractivity contribution is 9.10. The first-order chi connectivity index (χ1) is 18.4. The van der Waals surface area contributed by atoms with Crippen LogP contribution in [0.15, 0.2) is 89.7 Å². The van der Waals surface area contributed by atoms with Gasteiger partial charge in [0, 0.05) is 39.7 Å².